The lowest BCUT2D eigenvalue weighted by molar-refractivity contribution is 0.210. The molecular formula is C14H26N2O. The molecule has 0 amide bonds. The van der Waals surface area contributed by atoms with Crippen molar-refractivity contribution >= 4 is 0 Å². The summed E-state index contributed by atoms with van der Waals surface area (Å²) < 4.78 is 5.40. The van der Waals surface area contributed by atoms with Crippen LogP contribution in [0.4, 0.5) is 0 Å². The molecule has 0 radical (unpaired) electrons. The number of hydrogen-bond acceptors (Lipinski definition) is 3. The van der Waals surface area contributed by atoms with Crippen molar-refractivity contribution < 1.29 is 4.42 Å². The second-order valence-electron chi connectivity index (χ2n) is 4.86. The van der Waals surface area contributed by atoms with Crippen LogP contribution in [0.5, 0.6) is 0 Å². The summed E-state index contributed by atoms with van der Waals surface area (Å²) in [5, 5.41) is 0. The maximum Gasteiger partial charge on any atom is 0.117 e. The minimum Gasteiger partial charge on any atom is -0.468 e. The third-order valence-corrected chi connectivity index (χ3v) is 3.34. The highest BCUT2D eigenvalue weighted by molar-refractivity contribution is 4.98. The lowest BCUT2D eigenvalue weighted by atomic mass is 9.99. The molecule has 17 heavy (non-hydrogen) atoms. The summed E-state index contributed by atoms with van der Waals surface area (Å²) in [6.45, 7) is 9.51. The molecule has 0 aliphatic rings. The van der Waals surface area contributed by atoms with Gasteiger partial charge in [0.25, 0.3) is 0 Å². The summed E-state index contributed by atoms with van der Waals surface area (Å²) in [4.78, 5) is 2.38. The van der Waals surface area contributed by atoms with E-state index in [9.17, 15) is 0 Å². The first-order valence-electron chi connectivity index (χ1n) is 6.67. The molecule has 2 atom stereocenters. The maximum atomic E-state index is 6.22. The van der Waals surface area contributed by atoms with Gasteiger partial charge in [0.1, 0.15) is 5.76 Å². The average molecular weight is 238 g/mol. The summed E-state index contributed by atoms with van der Waals surface area (Å²) >= 11 is 0. The van der Waals surface area contributed by atoms with E-state index in [4.69, 9.17) is 10.2 Å². The average Bonchev–Trinajstić information content (AvgIpc) is 2.81. The first kappa shape index (κ1) is 14.3. The Kier molecular flexibility index (Phi) is 6.30. The Hall–Kier alpha value is -0.800. The molecule has 0 saturated heterocycles. The predicted octanol–water partition coefficient (Wildman–Crippen LogP) is 2.87. The minimum atomic E-state index is 0.251. The zero-order valence-electron chi connectivity index (χ0n) is 11.4. The quantitative estimate of drug-likeness (QED) is 0.757. The fourth-order valence-electron chi connectivity index (χ4n) is 1.95. The van der Waals surface area contributed by atoms with Crippen molar-refractivity contribution in [1.82, 2.24) is 4.90 Å². The van der Waals surface area contributed by atoms with Gasteiger partial charge in [0.15, 0.2) is 0 Å². The van der Waals surface area contributed by atoms with Gasteiger partial charge in [-0.25, -0.2) is 0 Å². The second-order valence-corrected chi connectivity index (χ2v) is 4.86. The highest BCUT2D eigenvalue weighted by atomic mass is 16.3. The van der Waals surface area contributed by atoms with Crippen LogP contribution >= 0.6 is 0 Å². The Morgan fingerprint density at radius 1 is 1.41 bits per heavy atom. The maximum absolute atomic E-state index is 6.22. The summed E-state index contributed by atoms with van der Waals surface area (Å²) in [5.74, 6) is 1.60. The molecule has 0 aliphatic heterocycles. The lowest BCUT2D eigenvalue weighted by Gasteiger charge is -2.27. The number of furan rings is 1. The Bertz CT molecular complexity index is 284. The number of nitrogens with zero attached hydrogens (tertiary/aromatic N) is 1. The van der Waals surface area contributed by atoms with Gasteiger partial charge in [-0.2, -0.15) is 0 Å². The highest BCUT2D eigenvalue weighted by Gasteiger charge is 2.15. The molecular weight excluding hydrogens is 212 g/mol. The van der Waals surface area contributed by atoms with Crippen LogP contribution in [0.1, 0.15) is 39.4 Å². The first-order chi connectivity index (χ1) is 8.17. The molecule has 0 bridgehead atoms. The van der Waals surface area contributed by atoms with Crippen molar-refractivity contribution in [3.63, 3.8) is 0 Å². The predicted molar refractivity (Wildman–Crippen MR) is 71.7 cm³/mol. The van der Waals surface area contributed by atoms with E-state index in [-0.39, 0.29) is 6.04 Å². The highest BCUT2D eigenvalue weighted by Crippen LogP contribution is 2.11. The molecule has 0 unspecified atom stereocenters. The van der Waals surface area contributed by atoms with Crippen molar-refractivity contribution in [3.8, 4) is 0 Å². The molecule has 1 aromatic heterocycles. The Labute approximate surface area is 105 Å². The molecule has 0 aromatic carbocycles. The van der Waals surface area contributed by atoms with Crippen molar-refractivity contribution in [2.24, 2.45) is 11.7 Å². The van der Waals surface area contributed by atoms with E-state index >= 15 is 0 Å². The summed E-state index contributed by atoms with van der Waals surface area (Å²) in [5.41, 5.74) is 6.22. The van der Waals surface area contributed by atoms with Crippen LogP contribution in [0.3, 0.4) is 0 Å². The van der Waals surface area contributed by atoms with Gasteiger partial charge in [-0.3, -0.25) is 4.90 Å². The zero-order chi connectivity index (χ0) is 12.7. The van der Waals surface area contributed by atoms with Crippen molar-refractivity contribution in [2.45, 2.75) is 46.2 Å². The van der Waals surface area contributed by atoms with Crippen LogP contribution in [0.2, 0.25) is 0 Å². The summed E-state index contributed by atoms with van der Waals surface area (Å²) in [6, 6.07) is 4.22. The van der Waals surface area contributed by atoms with Gasteiger partial charge in [0.05, 0.1) is 12.8 Å². The molecule has 1 aromatic rings. The normalized spacial score (nSPS) is 15.1. The number of nitrogens with two attached hydrogens (primary N) is 1. The zero-order valence-corrected chi connectivity index (χ0v) is 11.4. The van der Waals surface area contributed by atoms with E-state index in [1.165, 1.54) is 0 Å². The standard InChI is InChI=1S/C14H26N2O/c1-4-8-16(10-13-7-6-9-17-13)11-14(15)12(3)5-2/h6-7,9,12,14H,4-5,8,10-11,15H2,1-3H3/t12-,14-/m1/s1. The summed E-state index contributed by atoms with van der Waals surface area (Å²) in [6.07, 6.45) is 4.02. The van der Waals surface area contributed by atoms with Crippen LogP contribution in [-0.4, -0.2) is 24.0 Å². The van der Waals surface area contributed by atoms with Gasteiger partial charge in [0, 0.05) is 12.6 Å². The number of hydrogen-bond donors (Lipinski definition) is 1. The Balaban J connectivity index is 2.48. The van der Waals surface area contributed by atoms with Crippen LogP contribution in [0.15, 0.2) is 22.8 Å². The van der Waals surface area contributed by atoms with Gasteiger partial charge in [-0.05, 0) is 31.0 Å². The molecule has 0 spiro atoms. The molecule has 0 aliphatic carbocycles. The van der Waals surface area contributed by atoms with Crippen LogP contribution in [-0.2, 0) is 6.54 Å². The number of rotatable bonds is 8. The van der Waals surface area contributed by atoms with E-state index in [2.05, 4.69) is 25.7 Å². The van der Waals surface area contributed by atoms with E-state index in [1.807, 2.05) is 12.1 Å². The molecule has 3 heteroatoms. The Morgan fingerprint density at radius 2 is 2.18 bits per heavy atom. The van der Waals surface area contributed by atoms with Gasteiger partial charge < -0.3 is 10.2 Å². The third kappa shape index (κ3) is 4.92. The molecule has 3 nitrogen and oxygen atoms in total. The smallest absolute Gasteiger partial charge is 0.117 e. The van der Waals surface area contributed by atoms with Crippen molar-refractivity contribution in [3.05, 3.63) is 24.2 Å². The van der Waals surface area contributed by atoms with E-state index < -0.39 is 0 Å². The monoisotopic (exact) mass is 238 g/mol. The van der Waals surface area contributed by atoms with Crippen LogP contribution < -0.4 is 5.73 Å². The van der Waals surface area contributed by atoms with Gasteiger partial charge >= 0.3 is 0 Å². The Morgan fingerprint density at radius 3 is 2.71 bits per heavy atom. The molecule has 98 valence electrons. The lowest BCUT2D eigenvalue weighted by Crippen LogP contribution is -2.41. The molecule has 1 heterocycles. The van der Waals surface area contributed by atoms with Gasteiger partial charge in [-0.1, -0.05) is 27.2 Å². The van der Waals surface area contributed by atoms with E-state index in [1.54, 1.807) is 6.26 Å². The summed E-state index contributed by atoms with van der Waals surface area (Å²) in [7, 11) is 0. The van der Waals surface area contributed by atoms with Gasteiger partial charge in [-0.15, -0.1) is 0 Å². The molecule has 2 N–H and O–H groups in total. The second kappa shape index (κ2) is 7.51. The third-order valence-electron chi connectivity index (χ3n) is 3.34. The van der Waals surface area contributed by atoms with Crippen molar-refractivity contribution in [1.29, 1.82) is 0 Å². The topological polar surface area (TPSA) is 42.4 Å². The van der Waals surface area contributed by atoms with E-state index in [0.29, 0.717) is 5.92 Å². The van der Waals surface area contributed by atoms with Crippen LogP contribution in [0.25, 0.3) is 0 Å². The molecule has 0 saturated carbocycles. The first-order valence-corrected chi connectivity index (χ1v) is 6.67. The fraction of sp³-hybridized carbons (Fsp3) is 0.714. The SMILES string of the molecule is CCCN(Cc1ccco1)C[C@@H](N)[C@H](C)CC. The largest absolute Gasteiger partial charge is 0.468 e. The van der Waals surface area contributed by atoms with E-state index in [0.717, 1.165) is 38.2 Å². The minimum absolute atomic E-state index is 0.251. The molecule has 0 fully saturated rings. The fourth-order valence-corrected chi connectivity index (χ4v) is 1.95. The van der Waals surface area contributed by atoms with Crippen LogP contribution in [0, 0.1) is 5.92 Å². The van der Waals surface area contributed by atoms with Crippen molar-refractivity contribution in [2.75, 3.05) is 13.1 Å². The molecule has 1 rings (SSSR count). The van der Waals surface area contributed by atoms with Gasteiger partial charge in [0.2, 0.25) is 0 Å².